The zero-order valence-electron chi connectivity index (χ0n) is 10.8. The summed E-state index contributed by atoms with van der Waals surface area (Å²) in [7, 11) is 0. The van der Waals surface area contributed by atoms with Crippen molar-refractivity contribution in [1.82, 2.24) is 10.3 Å². The highest BCUT2D eigenvalue weighted by Gasteiger charge is 2.17. The van der Waals surface area contributed by atoms with Gasteiger partial charge in [-0.3, -0.25) is 4.79 Å². The quantitative estimate of drug-likeness (QED) is 0.759. The van der Waals surface area contributed by atoms with Crippen molar-refractivity contribution in [1.29, 1.82) is 0 Å². The first-order chi connectivity index (χ1) is 8.16. The molecule has 1 amide bonds. The SMILES string of the molecule is Cc1cc(C(=O)NC2CCCCCC2)c(C)[nH]1. The molecule has 0 saturated heterocycles. The van der Waals surface area contributed by atoms with E-state index in [0.29, 0.717) is 6.04 Å². The molecular weight excluding hydrogens is 212 g/mol. The summed E-state index contributed by atoms with van der Waals surface area (Å²) in [6.45, 7) is 3.93. The smallest absolute Gasteiger partial charge is 0.253 e. The fraction of sp³-hybridized carbons (Fsp3) is 0.643. The lowest BCUT2D eigenvalue weighted by Crippen LogP contribution is -2.34. The molecule has 0 unspecified atom stereocenters. The third-order valence-electron chi connectivity index (χ3n) is 3.58. The number of rotatable bonds is 2. The van der Waals surface area contributed by atoms with Gasteiger partial charge < -0.3 is 10.3 Å². The van der Waals surface area contributed by atoms with Crippen LogP contribution in [0.3, 0.4) is 0 Å². The number of hydrogen-bond donors (Lipinski definition) is 2. The summed E-state index contributed by atoms with van der Waals surface area (Å²) in [5, 5.41) is 3.17. The van der Waals surface area contributed by atoms with Crippen LogP contribution in [-0.4, -0.2) is 16.9 Å². The number of aryl methyl sites for hydroxylation is 2. The van der Waals surface area contributed by atoms with Crippen molar-refractivity contribution in [2.24, 2.45) is 0 Å². The van der Waals surface area contributed by atoms with Gasteiger partial charge in [0.2, 0.25) is 0 Å². The van der Waals surface area contributed by atoms with Crippen molar-refractivity contribution in [2.45, 2.75) is 58.4 Å². The Balaban J connectivity index is 1.98. The Labute approximate surface area is 103 Å². The summed E-state index contributed by atoms with van der Waals surface area (Å²) in [6.07, 6.45) is 7.39. The van der Waals surface area contributed by atoms with Crippen LogP contribution in [0.5, 0.6) is 0 Å². The van der Waals surface area contributed by atoms with Crippen LogP contribution >= 0.6 is 0 Å². The van der Waals surface area contributed by atoms with Crippen LogP contribution in [0.1, 0.15) is 60.3 Å². The molecule has 1 saturated carbocycles. The minimum absolute atomic E-state index is 0.0822. The molecule has 2 rings (SSSR count). The molecule has 0 radical (unpaired) electrons. The van der Waals surface area contributed by atoms with Crippen LogP contribution in [0.15, 0.2) is 6.07 Å². The Morgan fingerprint density at radius 3 is 2.41 bits per heavy atom. The first-order valence-corrected chi connectivity index (χ1v) is 6.64. The van der Waals surface area contributed by atoms with Crippen molar-refractivity contribution in [2.75, 3.05) is 0 Å². The zero-order valence-corrected chi connectivity index (χ0v) is 10.8. The number of nitrogens with one attached hydrogen (secondary N) is 2. The predicted molar refractivity (Wildman–Crippen MR) is 69.2 cm³/mol. The molecule has 1 aromatic heterocycles. The Hall–Kier alpha value is -1.25. The molecule has 1 aromatic rings. The topological polar surface area (TPSA) is 44.9 Å². The van der Waals surface area contributed by atoms with Crippen molar-refractivity contribution in [3.8, 4) is 0 Å². The molecule has 17 heavy (non-hydrogen) atoms. The minimum atomic E-state index is 0.0822. The lowest BCUT2D eigenvalue weighted by atomic mass is 10.1. The summed E-state index contributed by atoms with van der Waals surface area (Å²) in [5.74, 6) is 0.0822. The first kappa shape index (κ1) is 12.2. The van der Waals surface area contributed by atoms with E-state index in [1.54, 1.807) is 0 Å². The van der Waals surface area contributed by atoms with Crippen LogP contribution in [0.4, 0.5) is 0 Å². The highest BCUT2D eigenvalue weighted by molar-refractivity contribution is 5.95. The van der Waals surface area contributed by atoms with Gasteiger partial charge in [0.15, 0.2) is 0 Å². The molecule has 1 heterocycles. The Morgan fingerprint density at radius 1 is 1.24 bits per heavy atom. The number of carbonyl (C=O) groups is 1. The minimum Gasteiger partial charge on any atom is -0.362 e. The monoisotopic (exact) mass is 234 g/mol. The molecule has 2 N–H and O–H groups in total. The van der Waals surface area contributed by atoms with E-state index in [4.69, 9.17) is 0 Å². The largest absolute Gasteiger partial charge is 0.362 e. The van der Waals surface area contributed by atoms with Gasteiger partial charge in [-0.25, -0.2) is 0 Å². The van der Waals surface area contributed by atoms with Crippen molar-refractivity contribution in [3.05, 3.63) is 23.0 Å². The van der Waals surface area contributed by atoms with Gasteiger partial charge in [-0.05, 0) is 32.8 Å². The fourth-order valence-corrected chi connectivity index (χ4v) is 2.65. The zero-order chi connectivity index (χ0) is 12.3. The van der Waals surface area contributed by atoms with Gasteiger partial charge in [0, 0.05) is 17.4 Å². The summed E-state index contributed by atoms with van der Waals surface area (Å²) in [5.41, 5.74) is 2.81. The summed E-state index contributed by atoms with van der Waals surface area (Å²) in [4.78, 5) is 15.3. The standard InChI is InChI=1S/C14H22N2O/c1-10-9-13(11(2)15-10)14(17)16-12-7-5-3-4-6-8-12/h9,12,15H,3-8H2,1-2H3,(H,16,17). The number of H-pyrrole nitrogens is 1. The van der Waals surface area contributed by atoms with E-state index in [2.05, 4.69) is 10.3 Å². The van der Waals surface area contributed by atoms with Crippen molar-refractivity contribution >= 4 is 5.91 Å². The fourth-order valence-electron chi connectivity index (χ4n) is 2.65. The van der Waals surface area contributed by atoms with E-state index < -0.39 is 0 Å². The van der Waals surface area contributed by atoms with Crippen molar-refractivity contribution in [3.63, 3.8) is 0 Å². The lowest BCUT2D eigenvalue weighted by Gasteiger charge is -2.15. The Kier molecular flexibility index (Phi) is 3.87. The van der Waals surface area contributed by atoms with E-state index in [9.17, 15) is 4.79 Å². The van der Waals surface area contributed by atoms with E-state index in [1.165, 1.54) is 25.7 Å². The molecule has 0 aliphatic heterocycles. The average molecular weight is 234 g/mol. The molecule has 1 fully saturated rings. The molecule has 94 valence electrons. The van der Waals surface area contributed by atoms with E-state index in [1.807, 2.05) is 19.9 Å². The van der Waals surface area contributed by atoms with Gasteiger partial charge in [-0.1, -0.05) is 25.7 Å². The molecule has 3 nitrogen and oxygen atoms in total. The third-order valence-corrected chi connectivity index (χ3v) is 3.58. The molecule has 0 aromatic carbocycles. The van der Waals surface area contributed by atoms with Gasteiger partial charge in [0.25, 0.3) is 5.91 Å². The van der Waals surface area contributed by atoms with Gasteiger partial charge in [0.05, 0.1) is 5.56 Å². The normalized spacial score (nSPS) is 17.8. The lowest BCUT2D eigenvalue weighted by molar-refractivity contribution is 0.0933. The highest BCUT2D eigenvalue weighted by Crippen LogP contribution is 2.18. The Bertz CT molecular complexity index is 387. The van der Waals surface area contributed by atoms with Gasteiger partial charge in [-0.15, -0.1) is 0 Å². The summed E-state index contributed by atoms with van der Waals surface area (Å²) in [6, 6.07) is 2.31. The van der Waals surface area contributed by atoms with Crippen LogP contribution in [-0.2, 0) is 0 Å². The Morgan fingerprint density at radius 2 is 1.88 bits per heavy atom. The summed E-state index contributed by atoms with van der Waals surface area (Å²) >= 11 is 0. The molecule has 3 heteroatoms. The van der Waals surface area contributed by atoms with Gasteiger partial charge >= 0.3 is 0 Å². The maximum atomic E-state index is 12.1. The number of aromatic amines is 1. The van der Waals surface area contributed by atoms with E-state index >= 15 is 0 Å². The van der Waals surface area contributed by atoms with Crippen LogP contribution in [0.2, 0.25) is 0 Å². The number of hydrogen-bond acceptors (Lipinski definition) is 1. The van der Waals surface area contributed by atoms with E-state index in [0.717, 1.165) is 29.8 Å². The van der Waals surface area contributed by atoms with Crippen LogP contribution in [0, 0.1) is 13.8 Å². The maximum Gasteiger partial charge on any atom is 0.253 e. The third kappa shape index (κ3) is 3.11. The average Bonchev–Trinajstić information content (AvgIpc) is 2.51. The van der Waals surface area contributed by atoms with Crippen LogP contribution in [0.25, 0.3) is 0 Å². The number of amides is 1. The number of carbonyl (C=O) groups excluding carboxylic acids is 1. The molecule has 1 aliphatic carbocycles. The molecule has 0 atom stereocenters. The maximum absolute atomic E-state index is 12.1. The molecule has 0 spiro atoms. The van der Waals surface area contributed by atoms with Crippen LogP contribution < -0.4 is 5.32 Å². The van der Waals surface area contributed by atoms with Gasteiger partial charge in [-0.2, -0.15) is 0 Å². The van der Waals surface area contributed by atoms with Gasteiger partial charge in [0.1, 0.15) is 0 Å². The number of aromatic nitrogens is 1. The second-order valence-electron chi connectivity index (χ2n) is 5.15. The first-order valence-electron chi connectivity index (χ1n) is 6.64. The highest BCUT2D eigenvalue weighted by atomic mass is 16.1. The molecule has 1 aliphatic rings. The molecular formula is C14H22N2O. The molecule has 0 bridgehead atoms. The predicted octanol–water partition coefficient (Wildman–Crippen LogP) is 3.08. The van der Waals surface area contributed by atoms with Crippen molar-refractivity contribution < 1.29 is 4.79 Å². The van der Waals surface area contributed by atoms with E-state index in [-0.39, 0.29) is 5.91 Å². The second-order valence-corrected chi connectivity index (χ2v) is 5.15. The summed E-state index contributed by atoms with van der Waals surface area (Å²) < 4.78 is 0. The second kappa shape index (κ2) is 5.39.